The molecule has 0 aliphatic heterocycles. The average molecular weight is 287 g/mol. The number of nitrogens with zero attached hydrogens (tertiary/aromatic N) is 1. The molecule has 1 aliphatic rings. The third-order valence-corrected chi connectivity index (χ3v) is 5.05. The van der Waals surface area contributed by atoms with Crippen LogP contribution >= 0.6 is 0 Å². The van der Waals surface area contributed by atoms with E-state index < -0.39 is 0 Å². The molecule has 3 rings (SSSR count). The van der Waals surface area contributed by atoms with Gasteiger partial charge in [0, 0.05) is 18.0 Å². The van der Waals surface area contributed by atoms with Crippen molar-refractivity contribution in [2.75, 3.05) is 6.54 Å². The quantitative estimate of drug-likeness (QED) is 0.911. The maximum absolute atomic E-state index is 12.1. The van der Waals surface area contributed by atoms with Crippen molar-refractivity contribution in [1.82, 2.24) is 9.55 Å². The van der Waals surface area contributed by atoms with Gasteiger partial charge in [0.1, 0.15) is 0 Å². The number of aromatic nitrogens is 2. The fraction of sp³-hybridized carbons (Fsp3) is 0.588. The van der Waals surface area contributed by atoms with E-state index in [-0.39, 0.29) is 17.1 Å². The normalized spacial score (nSPS) is 18.5. The van der Waals surface area contributed by atoms with E-state index in [1.807, 2.05) is 18.4 Å². The topological polar surface area (TPSA) is 63.8 Å². The largest absolute Gasteiger partial charge is 0.330 e. The Labute approximate surface area is 125 Å². The summed E-state index contributed by atoms with van der Waals surface area (Å²) in [6.07, 6.45) is 6.12. The molecule has 0 unspecified atom stereocenters. The van der Waals surface area contributed by atoms with Crippen LogP contribution in [0.15, 0.2) is 23.0 Å². The van der Waals surface area contributed by atoms with Gasteiger partial charge >= 0.3 is 5.69 Å². The molecule has 0 radical (unpaired) electrons. The first-order valence-corrected chi connectivity index (χ1v) is 8.02. The Kier molecular flexibility index (Phi) is 3.66. The molecule has 4 nitrogen and oxygen atoms in total. The molecule has 1 aliphatic carbocycles. The van der Waals surface area contributed by atoms with Gasteiger partial charge in [-0.3, -0.25) is 4.57 Å². The maximum atomic E-state index is 12.1. The SMILES string of the molecule is CC(C)n1c(=O)[nH]c2cc(C3(CN)CCCCC3)ccc21. The molecule has 3 N–H and O–H groups in total. The Morgan fingerprint density at radius 1 is 1.29 bits per heavy atom. The van der Waals surface area contributed by atoms with Crippen LogP contribution in [-0.4, -0.2) is 16.1 Å². The molecule has 2 aromatic rings. The summed E-state index contributed by atoms with van der Waals surface area (Å²) in [7, 11) is 0. The molecular weight excluding hydrogens is 262 g/mol. The van der Waals surface area contributed by atoms with Crippen LogP contribution in [-0.2, 0) is 5.41 Å². The van der Waals surface area contributed by atoms with Crippen molar-refractivity contribution in [2.45, 2.75) is 57.4 Å². The van der Waals surface area contributed by atoms with Crippen molar-refractivity contribution in [2.24, 2.45) is 5.73 Å². The minimum atomic E-state index is -0.0254. The van der Waals surface area contributed by atoms with Crippen LogP contribution < -0.4 is 11.4 Å². The summed E-state index contributed by atoms with van der Waals surface area (Å²) in [5.74, 6) is 0. The minimum Gasteiger partial charge on any atom is -0.330 e. The number of nitrogens with two attached hydrogens (primary N) is 1. The molecule has 114 valence electrons. The molecule has 0 bridgehead atoms. The number of rotatable bonds is 3. The van der Waals surface area contributed by atoms with Crippen molar-refractivity contribution >= 4 is 11.0 Å². The lowest BCUT2D eigenvalue weighted by molar-refractivity contribution is 0.301. The molecule has 1 fully saturated rings. The monoisotopic (exact) mass is 287 g/mol. The van der Waals surface area contributed by atoms with Gasteiger partial charge in [-0.1, -0.05) is 25.3 Å². The van der Waals surface area contributed by atoms with Gasteiger partial charge in [0.15, 0.2) is 0 Å². The first-order valence-electron chi connectivity index (χ1n) is 8.02. The number of imidazole rings is 1. The highest BCUT2D eigenvalue weighted by Gasteiger charge is 2.32. The van der Waals surface area contributed by atoms with Crippen LogP contribution in [0.1, 0.15) is 57.6 Å². The molecule has 0 spiro atoms. The molecule has 1 aromatic carbocycles. The smallest absolute Gasteiger partial charge is 0.326 e. The van der Waals surface area contributed by atoms with Crippen LogP contribution in [0.25, 0.3) is 11.0 Å². The minimum absolute atomic E-state index is 0.0254. The number of fused-ring (bicyclic) bond motifs is 1. The van der Waals surface area contributed by atoms with Gasteiger partial charge in [-0.05, 0) is 44.4 Å². The first-order chi connectivity index (χ1) is 10.1. The van der Waals surface area contributed by atoms with Gasteiger partial charge in [-0.15, -0.1) is 0 Å². The Bertz CT molecular complexity index is 690. The van der Waals surface area contributed by atoms with Gasteiger partial charge in [-0.25, -0.2) is 4.79 Å². The van der Waals surface area contributed by atoms with E-state index in [1.54, 1.807) is 0 Å². The van der Waals surface area contributed by atoms with E-state index in [0.717, 1.165) is 23.9 Å². The Morgan fingerprint density at radius 3 is 2.62 bits per heavy atom. The van der Waals surface area contributed by atoms with Gasteiger partial charge in [-0.2, -0.15) is 0 Å². The highest BCUT2D eigenvalue weighted by molar-refractivity contribution is 5.76. The van der Waals surface area contributed by atoms with Crippen LogP contribution in [0.5, 0.6) is 0 Å². The lowest BCUT2D eigenvalue weighted by Gasteiger charge is -2.36. The van der Waals surface area contributed by atoms with Crippen molar-refractivity contribution in [3.05, 3.63) is 34.2 Å². The zero-order chi connectivity index (χ0) is 15.0. The van der Waals surface area contributed by atoms with Gasteiger partial charge in [0.25, 0.3) is 0 Å². The first kappa shape index (κ1) is 14.4. The van der Waals surface area contributed by atoms with Gasteiger partial charge in [0.2, 0.25) is 0 Å². The zero-order valence-corrected chi connectivity index (χ0v) is 13.0. The van der Waals surface area contributed by atoms with Crippen LogP contribution in [0.2, 0.25) is 0 Å². The molecule has 1 heterocycles. The second kappa shape index (κ2) is 5.34. The molecule has 0 saturated heterocycles. The molecule has 4 heteroatoms. The Balaban J connectivity index is 2.11. The Hall–Kier alpha value is -1.55. The number of hydrogen-bond acceptors (Lipinski definition) is 2. The van der Waals surface area contributed by atoms with Crippen molar-refractivity contribution in [3.63, 3.8) is 0 Å². The highest BCUT2D eigenvalue weighted by Crippen LogP contribution is 2.39. The Morgan fingerprint density at radius 2 is 2.00 bits per heavy atom. The second-order valence-electron chi connectivity index (χ2n) is 6.67. The van der Waals surface area contributed by atoms with Gasteiger partial charge < -0.3 is 10.7 Å². The van der Waals surface area contributed by atoms with Crippen molar-refractivity contribution in [3.8, 4) is 0 Å². The van der Waals surface area contributed by atoms with E-state index in [1.165, 1.54) is 24.8 Å². The molecule has 21 heavy (non-hydrogen) atoms. The predicted octanol–water partition coefficient (Wildman–Crippen LogP) is 3.07. The maximum Gasteiger partial charge on any atom is 0.326 e. The lowest BCUT2D eigenvalue weighted by atomic mass is 9.69. The third kappa shape index (κ3) is 2.31. The second-order valence-corrected chi connectivity index (χ2v) is 6.67. The molecule has 1 saturated carbocycles. The summed E-state index contributed by atoms with van der Waals surface area (Å²) in [6, 6.07) is 6.56. The van der Waals surface area contributed by atoms with Crippen LogP contribution in [0.4, 0.5) is 0 Å². The molecule has 0 atom stereocenters. The summed E-state index contributed by atoms with van der Waals surface area (Å²) >= 11 is 0. The number of benzene rings is 1. The number of H-pyrrole nitrogens is 1. The fourth-order valence-corrected chi connectivity index (χ4v) is 3.81. The summed E-state index contributed by atoms with van der Waals surface area (Å²) < 4.78 is 1.81. The number of hydrogen-bond donors (Lipinski definition) is 2. The average Bonchev–Trinajstić information content (AvgIpc) is 2.82. The van der Waals surface area contributed by atoms with E-state index >= 15 is 0 Å². The molecular formula is C17H25N3O. The van der Waals surface area contributed by atoms with Crippen LogP contribution in [0, 0.1) is 0 Å². The zero-order valence-electron chi connectivity index (χ0n) is 13.0. The standard InChI is InChI=1S/C17H25N3O/c1-12(2)20-15-7-6-13(10-14(15)19-16(20)21)17(11-18)8-4-3-5-9-17/h6-7,10,12H,3-5,8-9,11,18H2,1-2H3,(H,19,21). The summed E-state index contributed by atoms with van der Waals surface area (Å²) in [6.45, 7) is 4.75. The summed E-state index contributed by atoms with van der Waals surface area (Å²) in [5.41, 5.74) is 9.40. The number of aromatic amines is 1. The van der Waals surface area contributed by atoms with Crippen LogP contribution in [0.3, 0.4) is 0 Å². The van der Waals surface area contributed by atoms with E-state index in [4.69, 9.17) is 5.73 Å². The van der Waals surface area contributed by atoms with E-state index in [9.17, 15) is 4.79 Å². The summed E-state index contributed by atoms with van der Waals surface area (Å²) in [5, 5.41) is 0. The predicted molar refractivity (Wildman–Crippen MR) is 86.8 cm³/mol. The molecule has 1 aromatic heterocycles. The van der Waals surface area contributed by atoms with E-state index in [0.29, 0.717) is 6.54 Å². The number of nitrogens with one attached hydrogen (secondary N) is 1. The fourth-order valence-electron chi connectivity index (χ4n) is 3.81. The highest BCUT2D eigenvalue weighted by atomic mass is 16.1. The van der Waals surface area contributed by atoms with Crippen molar-refractivity contribution < 1.29 is 0 Å². The van der Waals surface area contributed by atoms with Crippen molar-refractivity contribution in [1.29, 1.82) is 0 Å². The lowest BCUT2D eigenvalue weighted by Crippen LogP contribution is -2.37. The van der Waals surface area contributed by atoms with Gasteiger partial charge in [0.05, 0.1) is 11.0 Å². The third-order valence-electron chi connectivity index (χ3n) is 5.05. The van der Waals surface area contributed by atoms with E-state index in [2.05, 4.69) is 23.2 Å². The molecule has 0 amide bonds. The summed E-state index contributed by atoms with van der Waals surface area (Å²) in [4.78, 5) is 15.1.